The predicted molar refractivity (Wildman–Crippen MR) is 109 cm³/mol. The van der Waals surface area contributed by atoms with Gasteiger partial charge >= 0.3 is 6.09 Å². The molecule has 0 spiro atoms. The fourth-order valence-corrected chi connectivity index (χ4v) is 3.70. The molecule has 28 heavy (non-hydrogen) atoms. The second kappa shape index (κ2) is 7.35. The Kier molecular flexibility index (Phi) is 5.25. The number of thiazole rings is 1. The van der Waals surface area contributed by atoms with Crippen molar-refractivity contribution in [1.29, 1.82) is 0 Å². The summed E-state index contributed by atoms with van der Waals surface area (Å²) in [7, 11) is 0. The van der Waals surface area contributed by atoms with Crippen LogP contribution in [0, 0.1) is 12.7 Å². The van der Waals surface area contributed by atoms with E-state index in [2.05, 4.69) is 4.98 Å². The van der Waals surface area contributed by atoms with Gasteiger partial charge in [-0.1, -0.05) is 12.1 Å². The first-order chi connectivity index (χ1) is 13.1. The van der Waals surface area contributed by atoms with Crippen molar-refractivity contribution < 1.29 is 13.9 Å². The first kappa shape index (κ1) is 20.0. The number of halogens is 1. The van der Waals surface area contributed by atoms with Crippen molar-refractivity contribution in [2.75, 3.05) is 11.4 Å². The first-order valence-corrected chi connectivity index (χ1v) is 9.77. The maximum Gasteiger partial charge on any atom is 0.416 e. The van der Waals surface area contributed by atoms with Crippen molar-refractivity contribution in [3.05, 3.63) is 51.5 Å². The second-order valence-corrected chi connectivity index (χ2v) is 8.18. The van der Waals surface area contributed by atoms with E-state index in [4.69, 9.17) is 4.74 Å². The quantitative estimate of drug-likeness (QED) is 0.639. The highest BCUT2D eigenvalue weighted by Crippen LogP contribution is 2.29. The van der Waals surface area contributed by atoms with E-state index in [0.717, 1.165) is 5.69 Å². The number of fused-ring (bicyclic) bond motifs is 1. The number of anilines is 1. The summed E-state index contributed by atoms with van der Waals surface area (Å²) >= 11 is 1.30. The van der Waals surface area contributed by atoms with Crippen molar-refractivity contribution in [3.63, 3.8) is 0 Å². The van der Waals surface area contributed by atoms with Crippen molar-refractivity contribution in [1.82, 2.24) is 9.38 Å². The van der Waals surface area contributed by atoms with Gasteiger partial charge in [-0.15, -0.1) is 11.3 Å². The van der Waals surface area contributed by atoms with E-state index in [0.29, 0.717) is 10.5 Å². The number of rotatable bonds is 3. The number of aryl methyl sites for hydroxylation is 1. The minimum absolute atomic E-state index is 0.159. The third-order valence-corrected chi connectivity index (χ3v) is 4.96. The molecular weight excluding hydrogens is 381 g/mol. The molecule has 0 saturated heterocycles. The lowest BCUT2D eigenvalue weighted by Crippen LogP contribution is -2.38. The van der Waals surface area contributed by atoms with Gasteiger partial charge in [-0.25, -0.2) is 14.2 Å². The van der Waals surface area contributed by atoms with E-state index in [1.54, 1.807) is 40.7 Å². The van der Waals surface area contributed by atoms with Gasteiger partial charge in [0.15, 0.2) is 10.8 Å². The van der Waals surface area contributed by atoms with E-state index in [1.165, 1.54) is 38.8 Å². The minimum atomic E-state index is -0.706. The van der Waals surface area contributed by atoms with Crippen molar-refractivity contribution >= 4 is 28.2 Å². The molecule has 0 fully saturated rings. The summed E-state index contributed by atoms with van der Waals surface area (Å²) in [4.78, 5) is 32.4. The monoisotopic (exact) mass is 403 g/mol. The molecule has 0 aliphatic rings. The van der Waals surface area contributed by atoms with Gasteiger partial charge in [-0.2, -0.15) is 0 Å². The lowest BCUT2D eigenvalue weighted by atomic mass is 10.1. The SMILES string of the molecule is CCN(C(=O)OC(C)(C)C)c1nc2scc(C)n2c(=O)c1-c1cccc(F)c1. The third kappa shape index (κ3) is 3.77. The van der Waals surface area contributed by atoms with Crippen LogP contribution in [0.25, 0.3) is 16.1 Å². The van der Waals surface area contributed by atoms with Gasteiger partial charge in [0.1, 0.15) is 11.4 Å². The van der Waals surface area contributed by atoms with E-state index in [9.17, 15) is 14.0 Å². The number of carbonyl (C=O) groups excluding carboxylic acids is 1. The average Bonchev–Trinajstić information content (AvgIpc) is 2.95. The molecule has 1 amide bonds. The zero-order valence-corrected chi connectivity index (χ0v) is 17.3. The molecule has 0 atom stereocenters. The first-order valence-electron chi connectivity index (χ1n) is 8.89. The summed E-state index contributed by atoms with van der Waals surface area (Å²) in [6.07, 6.45) is -0.614. The minimum Gasteiger partial charge on any atom is -0.443 e. The largest absolute Gasteiger partial charge is 0.443 e. The molecular formula is C20H22FN3O3S. The van der Waals surface area contributed by atoms with Gasteiger partial charge in [-0.05, 0) is 52.3 Å². The summed E-state index contributed by atoms with van der Waals surface area (Å²) < 4.78 is 20.8. The molecule has 0 saturated carbocycles. The summed E-state index contributed by atoms with van der Waals surface area (Å²) in [6.45, 7) is 9.10. The van der Waals surface area contributed by atoms with Gasteiger partial charge < -0.3 is 4.74 Å². The molecule has 3 rings (SSSR count). The second-order valence-electron chi connectivity index (χ2n) is 7.35. The molecule has 6 nitrogen and oxygen atoms in total. The molecule has 2 aromatic heterocycles. The number of hydrogen-bond acceptors (Lipinski definition) is 5. The molecule has 148 valence electrons. The Labute approximate surface area is 166 Å². The summed E-state index contributed by atoms with van der Waals surface area (Å²) in [5.74, 6) is -0.315. The molecule has 0 N–H and O–H groups in total. The van der Waals surface area contributed by atoms with Crippen LogP contribution in [0.1, 0.15) is 33.4 Å². The van der Waals surface area contributed by atoms with Crippen LogP contribution in [-0.4, -0.2) is 27.6 Å². The van der Waals surface area contributed by atoms with Crippen LogP contribution in [0.2, 0.25) is 0 Å². The maximum atomic E-state index is 13.9. The lowest BCUT2D eigenvalue weighted by Gasteiger charge is -2.27. The molecule has 8 heteroatoms. The summed E-state index contributed by atoms with van der Waals surface area (Å²) in [6, 6.07) is 5.71. The smallest absolute Gasteiger partial charge is 0.416 e. The normalized spacial score (nSPS) is 11.6. The maximum absolute atomic E-state index is 13.9. The van der Waals surface area contributed by atoms with Crippen LogP contribution in [0.4, 0.5) is 15.0 Å². The predicted octanol–water partition coefficient (Wildman–Crippen LogP) is 4.63. The van der Waals surface area contributed by atoms with Gasteiger partial charge in [0.05, 0.1) is 5.56 Å². The zero-order chi connectivity index (χ0) is 20.6. The van der Waals surface area contributed by atoms with Gasteiger partial charge in [0, 0.05) is 17.6 Å². The summed E-state index contributed by atoms with van der Waals surface area (Å²) in [5, 5.41) is 1.81. The van der Waals surface area contributed by atoms with Gasteiger partial charge in [0.2, 0.25) is 0 Å². The number of ether oxygens (including phenoxy) is 1. The van der Waals surface area contributed by atoms with Crippen LogP contribution in [0.5, 0.6) is 0 Å². The third-order valence-electron chi connectivity index (χ3n) is 4.02. The van der Waals surface area contributed by atoms with E-state index in [-0.39, 0.29) is 23.5 Å². The Bertz CT molecular complexity index is 1100. The van der Waals surface area contributed by atoms with Gasteiger partial charge in [-0.3, -0.25) is 14.1 Å². The van der Waals surface area contributed by atoms with Crippen molar-refractivity contribution in [2.24, 2.45) is 0 Å². The molecule has 0 aliphatic heterocycles. The summed E-state index contributed by atoms with van der Waals surface area (Å²) in [5.41, 5.74) is 0.177. The number of hydrogen-bond donors (Lipinski definition) is 0. The van der Waals surface area contributed by atoms with E-state index < -0.39 is 17.5 Å². The van der Waals surface area contributed by atoms with Gasteiger partial charge in [0.25, 0.3) is 5.56 Å². The van der Waals surface area contributed by atoms with Crippen molar-refractivity contribution in [2.45, 2.75) is 40.2 Å². The molecule has 0 bridgehead atoms. The van der Waals surface area contributed by atoms with Crippen LogP contribution in [0.3, 0.4) is 0 Å². The highest BCUT2D eigenvalue weighted by molar-refractivity contribution is 7.15. The number of benzene rings is 1. The lowest BCUT2D eigenvalue weighted by molar-refractivity contribution is 0.0581. The Morgan fingerprint density at radius 2 is 2.07 bits per heavy atom. The standard InChI is InChI=1S/C20H22FN3O3S/c1-6-23(19(26)27-20(3,4)5)16-15(13-8-7-9-14(21)10-13)17(25)24-12(2)11-28-18(24)22-16/h7-11H,6H2,1-5H3. The Morgan fingerprint density at radius 1 is 1.36 bits per heavy atom. The fourth-order valence-electron chi connectivity index (χ4n) is 2.85. The number of amides is 1. The molecule has 0 aliphatic carbocycles. The highest BCUT2D eigenvalue weighted by atomic mass is 32.1. The van der Waals surface area contributed by atoms with E-state index in [1.807, 2.05) is 5.38 Å². The molecule has 0 radical (unpaired) electrons. The van der Waals surface area contributed by atoms with Crippen LogP contribution in [-0.2, 0) is 4.74 Å². The number of aromatic nitrogens is 2. The number of carbonyl (C=O) groups is 1. The van der Waals surface area contributed by atoms with Crippen LogP contribution in [0.15, 0.2) is 34.4 Å². The molecule has 1 aromatic carbocycles. The fraction of sp³-hybridized carbons (Fsp3) is 0.350. The number of nitrogens with zero attached hydrogens (tertiary/aromatic N) is 3. The Morgan fingerprint density at radius 3 is 2.68 bits per heavy atom. The van der Waals surface area contributed by atoms with Crippen LogP contribution >= 0.6 is 11.3 Å². The Hall–Kier alpha value is -2.74. The average molecular weight is 403 g/mol. The molecule has 3 aromatic rings. The molecule has 2 heterocycles. The van der Waals surface area contributed by atoms with Crippen LogP contribution < -0.4 is 10.5 Å². The topological polar surface area (TPSA) is 63.9 Å². The highest BCUT2D eigenvalue weighted by Gasteiger charge is 2.28. The van der Waals surface area contributed by atoms with Crippen molar-refractivity contribution in [3.8, 4) is 11.1 Å². The van der Waals surface area contributed by atoms with E-state index >= 15 is 0 Å². The zero-order valence-electron chi connectivity index (χ0n) is 16.4. The molecule has 0 unspecified atom stereocenters. The Balaban J connectivity index is 2.30.